The molecule has 9 heteroatoms. The minimum Gasteiger partial charge on any atom is -0.465 e. The largest absolute Gasteiger partial charge is 0.465 e. The summed E-state index contributed by atoms with van der Waals surface area (Å²) >= 11 is 0. The first-order valence-electron chi connectivity index (χ1n) is 13.8. The first kappa shape index (κ1) is 26.7. The van der Waals surface area contributed by atoms with E-state index in [4.69, 9.17) is 0 Å². The van der Waals surface area contributed by atoms with E-state index >= 15 is 0 Å². The van der Waals surface area contributed by atoms with Gasteiger partial charge in [0.15, 0.2) is 5.69 Å². The van der Waals surface area contributed by atoms with Crippen molar-refractivity contribution in [3.05, 3.63) is 72.7 Å². The maximum atomic E-state index is 14.1. The summed E-state index contributed by atoms with van der Waals surface area (Å²) < 4.78 is 1.92. The fourth-order valence-electron chi connectivity index (χ4n) is 5.86. The van der Waals surface area contributed by atoms with Gasteiger partial charge in [-0.3, -0.25) is 4.79 Å². The molecule has 5 rings (SSSR count). The molecule has 39 heavy (non-hydrogen) atoms. The molecule has 0 unspecified atom stereocenters. The number of imidazole rings is 1. The quantitative estimate of drug-likeness (QED) is 0.393. The van der Waals surface area contributed by atoms with Crippen molar-refractivity contribution in [2.45, 2.75) is 56.7 Å². The summed E-state index contributed by atoms with van der Waals surface area (Å²) in [5.41, 5.74) is 2.06. The van der Waals surface area contributed by atoms with E-state index in [0.29, 0.717) is 37.4 Å². The summed E-state index contributed by atoms with van der Waals surface area (Å²) in [6.45, 7) is 1.78. The fraction of sp³-hybridized carbons (Fsp3) is 0.433. The highest BCUT2D eigenvalue weighted by atomic mass is 16.4. The zero-order valence-corrected chi connectivity index (χ0v) is 22.2. The number of carbonyl (C=O) groups is 2. The second-order valence-corrected chi connectivity index (χ2v) is 10.7. The Labute approximate surface area is 229 Å². The lowest BCUT2D eigenvalue weighted by molar-refractivity contribution is -0.0111. The van der Waals surface area contributed by atoms with Crippen LogP contribution < -0.4 is 5.32 Å². The maximum Gasteiger partial charge on any atom is 0.407 e. The molecule has 2 fully saturated rings. The number of nitrogens with zero attached hydrogens (tertiary/aromatic N) is 4. The van der Waals surface area contributed by atoms with Crippen molar-refractivity contribution >= 4 is 17.7 Å². The molecule has 3 aromatic rings. The molecule has 0 radical (unpaired) electrons. The molecule has 2 aromatic carbocycles. The van der Waals surface area contributed by atoms with Gasteiger partial charge in [0.1, 0.15) is 0 Å². The molecule has 1 aliphatic heterocycles. The molecule has 2 heterocycles. The Bertz CT molecular complexity index is 1260. The molecule has 1 aliphatic carbocycles. The van der Waals surface area contributed by atoms with Crippen LogP contribution in [0.1, 0.15) is 49.0 Å². The van der Waals surface area contributed by atoms with Gasteiger partial charge in [-0.2, -0.15) is 0 Å². The van der Waals surface area contributed by atoms with Crippen LogP contribution in [0.15, 0.2) is 67.0 Å². The second-order valence-electron chi connectivity index (χ2n) is 10.7. The van der Waals surface area contributed by atoms with E-state index in [1.807, 2.05) is 65.2 Å². The first-order chi connectivity index (χ1) is 18.9. The van der Waals surface area contributed by atoms with Crippen molar-refractivity contribution in [1.82, 2.24) is 19.4 Å². The molecule has 206 valence electrons. The van der Waals surface area contributed by atoms with Crippen LogP contribution in [0.4, 0.5) is 10.5 Å². The number of nitrogens with one attached hydrogen (secondary N) is 1. The Morgan fingerprint density at radius 3 is 2.36 bits per heavy atom. The number of rotatable bonds is 8. The van der Waals surface area contributed by atoms with Crippen LogP contribution in [0, 0.1) is 0 Å². The SMILES string of the molecule is O=C(O)N1CCN(C(=O)c2ncn(CC3(O)CCCCC3)c2-c2ccccc2)[C@H](CCNc2ccccc2)C1. The lowest BCUT2D eigenvalue weighted by atomic mass is 9.84. The van der Waals surface area contributed by atoms with Crippen molar-refractivity contribution in [2.75, 3.05) is 31.5 Å². The highest BCUT2D eigenvalue weighted by Gasteiger charge is 2.36. The topological polar surface area (TPSA) is 111 Å². The molecule has 3 N–H and O–H groups in total. The normalized spacial score (nSPS) is 19.1. The molecule has 1 atom stereocenters. The van der Waals surface area contributed by atoms with Crippen molar-refractivity contribution in [3.63, 3.8) is 0 Å². The number of carboxylic acid groups (broad SMARTS) is 1. The molecule has 2 aliphatic rings. The number of aliphatic hydroxyl groups is 1. The zero-order chi connectivity index (χ0) is 27.2. The average molecular weight is 532 g/mol. The van der Waals surface area contributed by atoms with E-state index in [2.05, 4.69) is 10.3 Å². The predicted molar refractivity (Wildman–Crippen MR) is 150 cm³/mol. The molecular formula is C30H37N5O4. The maximum absolute atomic E-state index is 14.1. The van der Waals surface area contributed by atoms with Gasteiger partial charge in [-0.15, -0.1) is 0 Å². The van der Waals surface area contributed by atoms with E-state index in [1.54, 1.807) is 11.2 Å². The van der Waals surface area contributed by atoms with Gasteiger partial charge in [-0.05, 0) is 31.4 Å². The van der Waals surface area contributed by atoms with Crippen molar-refractivity contribution in [3.8, 4) is 11.3 Å². The predicted octanol–water partition coefficient (Wildman–Crippen LogP) is 4.55. The van der Waals surface area contributed by atoms with Crippen LogP contribution in [-0.4, -0.2) is 79.4 Å². The molecule has 1 saturated heterocycles. The molecule has 0 bridgehead atoms. The second kappa shape index (κ2) is 11.9. The number of amides is 2. The Morgan fingerprint density at radius 1 is 0.974 bits per heavy atom. The van der Waals surface area contributed by atoms with Crippen molar-refractivity contribution < 1.29 is 19.8 Å². The third-order valence-corrected chi connectivity index (χ3v) is 7.93. The Morgan fingerprint density at radius 2 is 1.67 bits per heavy atom. The van der Waals surface area contributed by atoms with Gasteiger partial charge < -0.3 is 29.9 Å². The van der Waals surface area contributed by atoms with Crippen LogP contribution in [0.5, 0.6) is 0 Å². The average Bonchev–Trinajstić information content (AvgIpc) is 3.36. The Balaban J connectivity index is 1.41. The van der Waals surface area contributed by atoms with Crippen molar-refractivity contribution in [2.24, 2.45) is 0 Å². The van der Waals surface area contributed by atoms with E-state index in [0.717, 1.165) is 43.4 Å². The Hall–Kier alpha value is -3.85. The number of para-hydroxylation sites is 1. The minimum atomic E-state index is -0.974. The van der Waals surface area contributed by atoms with Gasteiger partial charge in [-0.25, -0.2) is 9.78 Å². The number of piperazine rings is 1. The summed E-state index contributed by atoms with van der Waals surface area (Å²) in [5, 5.41) is 24.3. The van der Waals surface area contributed by atoms with Crippen LogP contribution >= 0.6 is 0 Å². The molecule has 1 saturated carbocycles. The van der Waals surface area contributed by atoms with Crippen LogP contribution in [0.3, 0.4) is 0 Å². The molecular weight excluding hydrogens is 494 g/mol. The molecule has 9 nitrogen and oxygen atoms in total. The van der Waals surface area contributed by atoms with Crippen molar-refractivity contribution in [1.29, 1.82) is 0 Å². The van der Waals surface area contributed by atoms with Gasteiger partial charge in [0, 0.05) is 37.4 Å². The summed E-state index contributed by atoms with van der Waals surface area (Å²) in [6, 6.07) is 19.2. The smallest absolute Gasteiger partial charge is 0.407 e. The van der Waals surface area contributed by atoms with E-state index in [9.17, 15) is 19.8 Å². The minimum absolute atomic E-state index is 0.210. The number of hydrogen-bond donors (Lipinski definition) is 3. The van der Waals surface area contributed by atoms with Gasteiger partial charge in [0.2, 0.25) is 0 Å². The lowest BCUT2D eigenvalue weighted by Gasteiger charge is -2.40. The zero-order valence-electron chi connectivity index (χ0n) is 22.2. The number of carbonyl (C=O) groups excluding carboxylic acids is 1. The van der Waals surface area contributed by atoms with Gasteiger partial charge in [-0.1, -0.05) is 67.8 Å². The van der Waals surface area contributed by atoms with E-state index in [1.165, 1.54) is 4.90 Å². The third kappa shape index (κ3) is 6.25. The standard InChI is InChI=1S/C30H37N5O4/c36-28(35-19-18-33(29(37)38)20-25(35)14-17-31-24-12-6-2-7-13-24)26-27(23-10-4-1-5-11-23)34(22-32-26)21-30(39)15-8-3-9-16-30/h1-2,4-7,10-13,22,25,31,39H,3,8-9,14-21H2,(H,37,38)/t25-/m1/s1. The van der Waals surface area contributed by atoms with Crippen LogP contribution in [0.25, 0.3) is 11.3 Å². The highest BCUT2D eigenvalue weighted by molar-refractivity contribution is 5.98. The highest BCUT2D eigenvalue weighted by Crippen LogP contribution is 2.33. The van der Waals surface area contributed by atoms with Gasteiger partial charge >= 0.3 is 6.09 Å². The summed E-state index contributed by atoms with van der Waals surface area (Å²) in [7, 11) is 0. The summed E-state index contributed by atoms with van der Waals surface area (Å²) in [5.74, 6) is -0.210. The number of aromatic nitrogens is 2. The van der Waals surface area contributed by atoms with Gasteiger partial charge in [0.05, 0.1) is 30.2 Å². The monoisotopic (exact) mass is 531 g/mol. The summed E-state index contributed by atoms with van der Waals surface area (Å²) in [6.07, 6.45) is 5.86. The molecule has 1 aromatic heterocycles. The lowest BCUT2D eigenvalue weighted by Crippen LogP contribution is -2.56. The fourth-order valence-corrected chi connectivity index (χ4v) is 5.86. The number of benzene rings is 2. The van der Waals surface area contributed by atoms with Crippen LogP contribution in [0.2, 0.25) is 0 Å². The van der Waals surface area contributed by atoms with E-state index < -0.39 is 11.7 Å². The third-order valence-electron chi connectivity index (χ3n) is 7.93. The van der Waals surface area contributed by atoms with Gasteiger partial charge in [0.25, 0.3) is 5.91 Å². The molecule has 2 amide bonds. The number of hydrogen-bond acceptors (Lipinski definition) is 5. The Kier molecular flexibility index (Phi) is 8.16. The van der Waals surface area contributed by atoms with E-state index in [-0.39, 0.29) is 25.0 Å². The first-order valence-corrected chi connectivity index (χ1v) is 13.8. The molecule has 0 spiro atoms. The van der Waals surface area contributed by atoms with Crippen LogP contribution in [-0.2, 0) is 6.54 Å². The summed E-state index contributed by atoms with van der Waals surface area (Å²) in [4.78, 5) is 33.6. The number of anilines is 1.